The van der Waals surface area contributed by atoms with Crippen LogP contribution in [0.1, 0.15) is 45.4 Å². The van der Waals surface area contributed by atoms with Gasteiger partial charge in [-0.25, -0.2) is 0 Å². The van der Waals surface area contributed by atoms with E-state index < -0.39 is 0 Å². The van der Waals surface area contributed by atoms with E-state index in [4.69, 9.17) is 0 Å². The minimum atomic E-state index is 0.214. The van der Waals surface area contributed by atoms with E-state index in [1.54, 1.807) is 0 Å². The van der Waals surface area contributed by atoms with Crippen molar-refractivity contribution < 1.29 is 4.79 Å². The third-order valence-corrected chi connectivity index (χ3v) is 4.45. The average molecular weight is 258 g/mol. The fourth-order valence-corrected chi connectivity index (χ4v) is 2.45. The lowest BCUT2D eigenvalue weighted by atomic mass is 10.0. The second-order valence-corrected chi connectivity index (χ2v) is 6.15. The fourth-order valence-electron chi connectivity index (χ4n) is 2.10. The normalized spacial score (nSPS) is 22.1. The van der Waals surface area contributed by atoms with Gasteiger partial charge in [0, 0.05) is 24.3 Å². The van der Waals surface area contributed by atoms with Crippen LogP contribution in [0.25, 0.3) is 0 Å². The second-order valence-electron chi connectivity index (χ2n) is 4.87. The van der Waals surface area contributed by atoms with E-state index >= 15 is 0 Å². The van der Waals surface area contributed by atoms with Crippen LogP contribution in [0.3, 0.4) is 0 Å². The number of amides is 1. The summed E-state index contributed by atoms with van der Waals surface area (Å²) >= 11 is 1.85. The molecule has 0 bridgehead atoms. The number of hydrogen-bond acceptors (Lipinski definition) is 3. The van der Waals surface area contributed by atoms with E-state index in [1.165, 1.54) is 19.3 Å². The van der Waals surface area contributed by atoms with E-state index in [-0.39, 0.29) is 5.91 Å². The molecule has 1 fully saturated rings. The van der Waals surface area contributed by atoms with Crippen molar-refractivity contribution in [2.75, 3.05) is 19.3 Å². The van der Waals surface area contributed by atoms with Crippen molar-refractivity contribution in [1.82, 2.24) is 10.6 Å². The van der Waals surface area contributed by atoms with Crippen LogP contribution in [0.5, 0.6) is 0 Å². The van der Waals surface area contributed by atoms with Gasteiger partial charge in [0.25, 0.3) is 0 Å². The molecule has 1 amide bonds. The highest BCUT2D eigenvalue weighted by Crippen LogP contribution is 2.11. The van der Waals surface area contributed by atoms with Gasteiger partial charge in [-0.3, -0.25) is 4.79 Å². The summed E-state index contributed by atoms with van der Waals surface area (Å²) in [5, 5.41) is 7.12. The van der Waals surface area contributed by atoms with Crippen LogP contribution in [-0.2, 0) is 4.79 Å². The molecule has 2 unspecified atom stereocenters. The largest absolute Gasteiger partial charge is 0.356 e. The Labute approximate surface area is 109 Å². The van der Waals surface area contributed by atoms with Gasteiger partial charge >= 0.3 is 0 Å². The summed E-state index contributed by atoms with van der Waals surface area (Å²) in [6.07, 6.45) is 8.67. The van der Waals surface area contributed by atoms with Crippen LogP contribution in [0.2, 0.25) is 0 Å². The van der Waals surface area contributed by atoms with Crippen molar-refractivity contribution in [3.8, 4) is 0 Å². The molecule has 100 valence electrons. The zero-order valence-electron chi connectivity index (χ0n) is 11.1. The summed E-state index contributed by atoms with van der Waals surface area (Å²) in [6, 6.07) is 0.569. The average Bonchev–Trinajstić information content (AvgIpc) is 2.37. The van der Waals surface area contributed by atoms with Gasteiger partial charge in [0.1, 0.15) is 0 Å². The summed E-state index contributed by atoms with van der Waals surface area (Å²) in [4.78, 5) is 11.6. The summed E-state index contributed by atoms with van der Waals surface area (Å²) < 4.78 is 0. The maximum atomic E-state index is 11.6. The number of rotatable bonds is 7. The molecule has 17 heavy (non-hydrogen) atoms. The Morgan fingerprint density at radius 1 is 1.53 bits per heavy atom. The molecule has 0 radical (unpaired) electrons. The van der Waals surface area contributed by atoms with Crippen molar-refractivity contribution in [2.45, 2.75) is 56.7 Å². The zero-order valence-corrected chi connectivity index (χ0v) is 11.9. The maximum Gasteiger partial charge on any atom is 0.220 e. The Kier molecular flexibility index (Phi) is 7.69. The van der Waals surface area contributed by atoms with Crippen molar-refractivity contribution in [2.24, 2.45) is 0 Å². The van der Waals surface area contributed by atoms with Crippen molar-refractivity contribution in [3.05, 3.63) is 0 Å². The van der Waals surface area contributed by atoms with Gasteiger partial charge in [-0.15, -0.1) is 0 Å². The molecule has 1 aliphatic rings. The molecule has 1 aliphatic heterocycles. The lowest BCUT2D eigenvalue weighted by Gasteiger charge is -2.23. The standard InChI is InChI=1S/C13H26N2OS/c1-11(17-2)8-10-15-13(16)7-6-12-5-3-4-9-14-12/h11-12,14H,3-10H2,1-2H3,(H,15,16). The molecule has 2 atom stereocenters. The Morgan fingerprint density at radius 3 is 3.00 bits per heavy atom. The summed E-state index contributed by atoms with van der Waals surface area (Å²) in [5.74, 6) is 0.214. The lowest BCUT2D eigenvalue weighted by Crippen LogP contribution is -2.35. The molecule has 1 saturated heterocycles. The predicted molar refractivity (Wildman–Crippen MR) is 75.5 cm³/mol. The first-order valence-corrected chi connectivity index (χ1v) is 8.04. The Hall–Kier alpha value is -0.220. The number of hydrogen-bond donors (Lipinski definition) is 2. The molecule has 0 saturated carbocycles. The molecule has 2 N–H and O–H groups in total. The van der Waals surface area contributed by atoms with Crippen LogP contribution in [0.4, 0.5) is 0 Å². The van der Waals surface area contributed by atoms with Crippen molar-refractivity contribution in [3.63, 3.8) is 0 Å². The third kappa shape index (κ3) is 6.94. The molecular weight excluding hydrogens is 232 g/mol. The van der Waals surface area contributed by atoms with Gasteiger partial charge in [0.05, 0.1) is 0 Å². The van der Waals surface area contributed by atoms with E-state index in [0.717, 1.165) is 25.9 Å². The van der Waals surface area contributed by atoms with E-state index in [1.807, 2.05) is 11.8 Å². The number of thioether (sulfide) groups is 1. The minimum absolute atomic E-state index is 0.214. The summed E-state index contributed by atoms with van der Waals surface area (Å²) in [7, 11) is 0. The Balaban J connectivity index is 2.00. The molecule has 0 aromatic heterocycles. The lowest BCUT2D eigenvalue weighted by molar-refractivity contribution is -0.121. The number of nitrogens with one attached hydrogen (secondary N) is 2. The first-order chi connectivity index (χ1) is 8.22. The van der Waals surface area contributed by atoms with Crippen LogP contribution in [0.15, 0.2) is 0 Å². The molecule has 0 spiro atoms. The highest BCUT2D eigenvalue weighted by atomic mass is 32.2. The Bertz CT molecular complexity index is 217. The molecule has 0 aromatic carbocycles. The molecule has 0 aromatic rings. The van der Waals surface area contributed by atoms with Gasteiger partial charge in [-0.2, -0.15) is 11.8 Å². The van der Waals surface area contributed by atoms with Gasteiger partial charge in [0.2, 0.25) is 5.91 Å². The van der Waals surface area contributed by atoms with Gasteiger partial charge in [0.15, 0.2) is 0 Å². The van der Waals surface area contributed by atoms with Gasteiger partial charge in [-0.05, 0) is 38.5 Å². The first-order valence-electron chi connectivity index (χ1n) is 6.75. The monoisotopic (exact) mass is 258 g/mol. The summed E-state index contributed by atoms with van der Waals surface area (Å²) in [5.41, 5.74) is 0. The van der Waals surface area contributed by atoms with Gasteiger partial charge < -0.3 is 10.6 Å². The SMILES string of the molecule is CSC(C)CCNC(=O)CCC1CCCCN1. The number of piperidine rings is 1. The topological polar surface area (TPSA) is 41.1 Å². The highest BCUT2D eigenvalue weighted by molar-refractivity contribution is 7.99. The highest BCUT2D eigenvalue weighted by Gasteiger charge is 2.13. The van der Waals surface area contributed by atoms with Crippen molar-refractivity contribution >= 4 is 17.7 Å². The van der Waals surface area contributed by atoms with Crippen LogP contribution in [0, 0.1) is 0 Å². The Morgan fingerprint density at radius 2 is 2.35 bits per heavy atom. The number of carbonyl (C=O) groups is 1. The fraction of sp³-hybridized carbons (Fsp3) is 0.923. The predicted octanol–water partition coefficient (Wildman–Crippen LogP) is 2.17. The van der Waals surface area contributed by atoms with E-state index in [9.17, 15) is 4.79 Å². The summed E-state index contributed by atoms with van der Waals surface area (Å²) in [6.45, 7) is 4.14. The quantitative estimate of drug-likeness (QED) is 0.735. The van der Waals surface area contributed by atoms with Gasteiger partial charge in [-0.1, -0.05) is 13.3 Å². The minimum Gasteiger partial charge on any atom is -0.356 e. The third-order valence-electron chi connectivity index (χ3n) is 3.41. The molecular formula is C13H26N2OS. The molecule has 4 heteroatoms. The molecule has 3 nitrogen and oxygen atoms in total. The van der Waals surface area contributed by atoms with E-state index in [2.05, 4.69) is 23.8 Å². The van der Waals surface area contributed by atoms with Crippen LogP contribution >= 0.6 is 11.8 Å². The van der Waals surface area contributed by atoms with Crippen LogP contribution in [-0.4, -0.2) is 36.5 Å². The smallest absolute Gasteiger partial charge is 0.220 e. The maximum absolute atomic E-state index is 11.6. The first kappa shape index (κ1) is 14.8. The van der Waals surface area contributed by atoms with Crippen LogP contribution < -0.4 is 10.6 Å². The second kappa shape index (κ2) is 8.81. The molecule has 1 rings (SSSR count). The van der Waals surface area contributed by atoms with Crippen molar-refractivity contribution in [1.29, 1.82) is 0 Å². The number of carbonyl (C=O) groups excluding carboxylic acids is 1. The zero-order chi connectivity index (χ0) is 12.5. The molecule has 0 aliphatic carbocycles. The molecule has 1 heterocycles. The van der Waals surface area contributed by atoms with E-state index in [0.29, 0.717) is 17.7 Å².